The van der Waals surface area contributed by atoms with Crippen molar-refractivity contribution in [2.75, 3.05) is 20.4 Å². The molecule has 2 aromatic carbocycles. The van der Waals surface area contributed by atoms with Gasteiger partial charge in [-0.1, -0.05) is 36.4 Å². The molecule has 2 aliphatic rings. The van der Waals surface area contributed by atoms with Gasteiger partial charge in [-0.25, -0.2) is 4.79 Å². The maximum absolute atomic E-state index is 11.4. The van der Waals surface area contributed by atoms with Crippen LogP contribution in [0.1, 0.15) is 20.8 Å². The minimum Gasteiger partial charge on any atom is -1.00 e. The summed E-state index contributed by atoms with van der Waals surface area (Å²) in [7, 11) is 1.51. The summed E-state index contributed by atoms with van der Waals surface area (Å²) in [6.07, 6.45) is 0. The van der Waals surface area contributed by atoms with Crippen molar-refractivity contribution in [1.82, 2.24) is 9.80 Å². The molecule has 0 spiro atoms. The van der Waals surface area contributed by atoms with Gasteiger partial charge in [0.25, 0.3) is 0 Å². The van der Waals surface area contributed by atoms with E-state index in [1.54, 1.807) is 17.0 Å². The van der Waals surface area contributed by atoms with E-state index < -0.39 is 0 Å². The molecule has 2 heterocycles. The van der Waals surface area contributed by atoms with E-state index in [1.165, 1.54) is 7.05 Å². The number of hydrogen-bond acceptors (Lipinski definition) is 4. The predicted octanol–water partition coefficient (Wildman–Crippen LogP) is 0.204. The summed E-state index contributed by atoms with van der Waals surface area (Å²) in [6, 6.07) is 20.1. The van der Waals surface area contributed by atoms with E-state index in [2.05, 4.69) is 6.07 Å². The van der Waals surface area contributed by atoms with Gasteiger partial charge in [0.2, 0.25) is 12.7 Å². The monoisotopic (exact) mass is 472 g/mol. The molecule has 3 amide bonds. The van der Waals surface area contributed by atoms with Crippen LogP contribution in [0.5, 0.6) is 11.5 Å². The second-order valence-corrected chi connectivity index (χ2v) is 6.93. The van der Waals surface area contributed by atoms with Crippen molar-refractivity contribution in [3.63, 3.8) is 0 Å². The summed E-state index contributed by atoms with van der Waals surface area (Å²) in [5, 5.41) is 0. The first kappa shape index (κ1) is 27.2. The van der Waals surface area contributed by atoms with Gasteiger partial charge in [-0.2, -0.15) is 12.1 Å². The Morgan fingerprint density at radius 3 is 1.86 bits per heavy atom. The Morgan fingerprint density at radius 1 is 0.966 bits per heavy atom. The molecule has 0 radical (unpaired) electrons. The zero-order chi connectivity index (χ0) is 19.9. The fraction of sp³-hybridized carbons (Fsp3) is 0.333. The third-order valence-electron chi connectivity index (χ3n) is 3.88. The van der Waals surface area contributed by atoms with Crippen molar-refractivity contribution in [2.24, 2.45) is 0 Å². The van der Waals surface area contributed by atoms with Gasteiger partial charge in [-0.05, 0) is 20.8 Å². The van der Waals surface area contributed by atoms with Crippen LogP contribution in [0.25, 0.3) is 0 Å². The number of likely N-dealkylation sites (N-methyl/N-ethyl adjacent to an activating group) is 1. The zero-order valence-corrected chi connectivity index (χ0v) is 20.2. The molecule has 0 aliphatic carbocycles. The van der Waals surface area contributed by atoms with Gasteiger partial charge in [0, 0.05) is 12.6 Å². The quantitative estimate of drug-likeness (QED) is 0.312. The summed E-state index contributed by atoms with van der Waals surface area (Å²) in [5.74, 6) is 1.47. The van der Waals surface area contributed by atoms with Gasteiger partial charge in [0.15, 0.2) is 0 Å². The Hall–Kier alpha value is -1.77. The van der Waals surface area contributed by atoms with E-state index in [9.17, 15) is 9.59 Å². The summed E-state index contributed by atoms with van der Waals surface area (Å²) >= 11 is 0. The number of ether oxygens (including phenoxy) is 2. The molecule has 6 nitrogen and oxygen atoms in total. The number of fused-ring (bicyclic) bond motifs is 1. The van der Waals surface area contributed by atoms with E-state index in [-0.39, 0.29) is 64.1 Å². The van der Waals surface area contributed by atoms with Crippen LogP contribution < -0.4 is 26.5 Å². The van der Waals surface area contributed by atoms with Crippen molar-refractivity contribution in [3.05, 3.63) is 60.7 Å². The molecule has 2 aliphatic heterocycles. The van der Waals surface area contributed by atoms with Crippen LogP contribution in [0, 0.1) is 6.07 Å². The molecule has 29 heavy (non-hydrogen) atoms. The number of imide groups is 1. The van der Waals surface area contributed by atoms with Crippen LogP contribution in [-0.2, 0) is 4.79 Å². The number of rotatable bonds is 0. The van der Waals surface area contributed by atoms with Crippen molar-refractivity contribution < 1.29 is 36.0 Å². The third kappa shape index (κ3) is 8.24. The normalized spacial score (nSPS) is 13.9. The van der Waals surface area contributed by atoms with Crippen LogP contribution in [-0.4, -0.2) is 70.7 Å². The summed E-state index contributed by atoms with van der Waals surface area (Å²) in [6.45, 7) is 6.29. The molecule has 4 rings (SSSR count). The Balaban J connectivity index is 0.000000411. The molecule has 0 saturated carbocycles. The van der Waals surface area contributed by atoms with Crippen LogP contribution in [0.3, 0.4) is 0 Å². The van der Waals surface area contributed by atoms with Crippen molar-refractivity contribution in [3.8, 4) is 11.5 Å². The minimum atomic E-state index is -0.266. The minimum absolute atomic E-state index is 0. The van der Waals surface area contributed by atoms with Crippen LogP contribution in [0.15, 0.2) is 54.6 Å². The van der Waals surface area contributed by atoms with Crippen molar-refractivity contribution in [2.45, 2.75) is 26.3 Å². The molecule has 0 unspecified atom stereocenters. The third-order valence-corrected chi connectivity index (χ3v) is 3.88. The smallest absolute Gasteiger partial charge is 1.00 e. The number of hydrogen-bond donors (Lipinski definition) is 0. The second kappa shape index (κ2) is 12.7. The standard InChI is InChI=1S/C8H14N2O2.C7H5O2.C6H6.BrH.Mg/c1-8(2,3)10-5-6(11)9(4)7(10)12;1-2-4-7-6(3-1)8-5-9-7;1-2-4-6-5-3-1;;/h5H2,1-4H3;1,3-4H,5H2;1-6H;1H;/q;-1;;;+2/p-1. The molecule has 1 saturated heterocycles. The summed E-state index contributed by atoms with van der Waals surface area (Å²) in [4.78, 5) is 25.2. The average Bonchev–Trinajstić information content (AvgIpc) is 3.24. The second-order valence-electron chi connectivity index (χ2n) is 6.93. The molecule has 8 heteroatoms. The van der Waals surface area contributed by atoms with Crippen molar-refractivity contribution in [1.29, 1.82) is 0 Å². The molecule has 2 aromatic rings. The first-order valence-corrected chi connectivity index (χ1v) is 8.64. The fourth-order valence-corrected chi connectivity index (χ4v) is 2.30. The molecule has 0 bridgehead atoms. The summed E-state index contributed by atoms with van der Waals surface area (Å²) < 4.78 is 10.1. The predicted molar refractivity (Wildman–Crippen MR) is 108 cm³/mol. The Bertz CT molecular complexity index is 719. The molecule has 1 fully saturated rings. The van der Waals surface area contributed by atoms with Crippen LogP contribution in [0.4, 0.5) is 4.79 Å². The number of halogens is 1. The Labute approximate surface area is 199 Å². The molecule has 152 valence electrons. The van der Waals surface area contributed by atoms with Gasteiger partial charge in [0.05, 0.1) is 11.5 Å². The van der Waals surface area contributed by atoms with Crippen molar-refractivity contribution >= 4 is 35.0 Å². The van der Waals surface area contributed by atoms with Gasteiger partial charge >= 0.3 is 29.1 Å². The van der Waals surface area contributed by atoms with E-state index in [0.29, 0.717) is 6.79 Å². The first-order chi connectivity index (χ1) is 12.8. The van der Waals surface area contributed by atoms with Crippen LogP contribution in [0.2, 0.25) is 0 Å². The molecular formula is C21H25BrMgN2O4. The maximum atomic E-state index is 11.4. The molecular weight excluding hydrogens is 448 g/mol. The van der Waals surface area contributed by atoms with E-state index in [0.717, 1.165) is 16.4 Å². The number of carbonyl (C=O) groups is 2. The number of carbonyl (C=O) groups excluding carboxylic acids is 2. The zero-order valence-electron chi connectivity index (χ0n) is 17.2. The average molecular weight is 474 g/mol. The Kier molecular flexibility index (Phi) is 11.9. The number of benzene rings is 2. The molecule has 0 atom stereocenters. The maximum Gasteiger partial charge on any atom is 2.00 e. The topological polar surface area (TPSA) is 59.1 Å². The molecule has 0 N–H and O–H groups in total. The largest absolute Gasteiger partial charge is 2.00 e. The van der Waals surface area contributed by atoms with Gasteiger partial charge in [-0.3, -0.25) is 9.69 Å². The van der Waals surface area contributed by atoms with Crippen LogP contribution >= 0.6 is 0 Å². The first-order valence-electron chi connectivity index (χ1n) is 8.64. The Morgan fingerprint density at radius 2 is 1.48 bits per heavy atom. The number of nitrogens with zero attached hydrogens (tertiary/aromatic N) is 2. The van der Waals surface area contributed by atoms with Gasteiger partial charge in [-0.15, -0.1) is 12.1 Å². The summed E-state index contributed by atoms with van der Waals surface area (Å²) in [5.41, 5.74) is -0.266. The number of urea groups is 1. The van der Waals surface area contributed by atoms with Gasteiger partial charge in [0.1, 0.15) is 6.54 Å². The molecule has 0 aromatic heterocycles. The SMILES string of the molecule is CN1C(=O)CN(C(C)(C)C)C1=O.[Br-].[Mg+2].[c-]1ccc2c(c1)OCO2.c1ccccc1. The fourth-order valence-electron chi connectivity index (χ4n) is 2.30. The van der Waals surface area contributed by atoms with E-state index >= 15 is 0 Å². The van der Waals surface area contributed by atoms with Gasteiger partial charge < -0.3 is 31.4 Å². The number of amides is 3. The van der Waals surface area contributed by atoms with E-state index in [1.807, 2.05) is 63.2 Å². The van der Waals surface area contributed by atoms with E-state index in [4.69, 9.17) is 9.47 Å².